The highest BCUT2D eigenvalue weighted by atomic mass is 32.2. The van der Waals surface area contributed by atoms with Gasteiger partial charge in [-0.15, -0.1) is 0 Å². The van der Waals surface area contributed by atoms with Crippen molar-refractivity contribution in [2.45, 2.75) is 26.9 Å². The summed E-state index contributed by atoms with van der Waals surface area (Å²) in [6, 6.07) is 10.8. The standard InChI is InChI=1S/C26H27F3N6O3S/c1-4-39(36,37)35-11-9-34(10-12-35)22-6-5-20(15-21(22)26(27,28)29)32-25-31-8-7-23(33-25)38-24-17(2)13-19(16-30)14-18(24)3/h5-8,13-15H,4,9-12H2,1-3H3,(H,31,32,33). The van der Waals surface area contributed by atoms with Crippen LogP contribution in [0.2, 0.25) is 0 Å². The van der Waals surface area contributed by atoms with Crippen LogP contribution in [0.1, 0.15) is 29.2 Å². The summed E-state index contributed by atoms with van der Waals surface area (Å²) >= 11 is 0. The van der Waals surface area contributed by atoms with E-state index >= 15 is 0 Å². The lowest BCUT2D eigenvalue weighted by Crippen LogP contribution is -2.49. The van der Waals surface area contributed by atoms with Crippen LogP contribution in [0.3, 0.4) is 0 Å². The van der Waals surface area contributed by atoms with Gasteiger partial charge in [-0.1, -0.05) is 0 Å². The van der Waals surface area contributed by atoms with Crippen molar-refractivity contribution in [3.63, 3.8) is 0 Å². The number of aryl methyl sites for hydroxylation is 2. The molecule has 0 bridgehead atoms. The molecule has 0 aliphatic carbocycles. The maximum Gasteiger partial charge on any atom is 0.418 e. The Kier molecular flexibility index (Phi) is 7.99. The molecular formula is C26H27F3N6O3S. The smallest absolute Gasteiger partial charge is 0.418 e. The molecule has 1 fully saturated rings. The molecule has 0 radical (unpaired) electrons. The lowest BCUT2D eigenvalue weighted by molar-refractivity contribution is -0.137. The van der Waals surface area contributed by atoms with Crippen molar-refractivity contribution < 1.29 is 26.3 Å². The highest BCUT2D eigenvalue weighted by molar-refractivity contribution is 7.89. The minimum absolute atomic E-state index is 0.0219. The number of alkyl halides is 3. The lowest BCUT2D eigenvalue weighted by atomic mass is 10.1. The summed E-state index contributed by atoms with van der Waals surface area (Å²) in [4.78, 5) is 9.90. The Balaban J connectivity index is 1.54. The van der Waals surface area contributed by atoms with Crippen LogP contribution in [-0.4, -0.2) is 54.6 Å². The molecule has 2 heterocycles. The highest BCUT2D eigenvalue weighted by Gasteiger charge is 2.36. The summed E-state index contributed by atoms with van der Waals surface area (Å²) in [5.41, 5.74) is 1.22. The van der Waals surface area contributed by atoms with Gasteiger partial charge in [0.1, 0.15) is 5.75 Å². The molecule has 2 aromatic carbocycles. The van der Waals surface area contributed by atoms with Crippen LogP contribution in [-0.2, 0) is 16.2 Å². The minimum atomic E-state index is -4.64. The number of nitrogens with one attached hydrogen (secondary N) is 1. The van der Waals surface area contributed by atoms with Gasteiger partial charge in [-0.2, -0.15) is 27.7 Å². The normalized spacial score (nSPS) is 14.6. The number of hydrogen-bond donors (Lipinski definition) is 1. The van der Waals surface area contributed by atoms with Gasteiger partial charge in [-0.3, -0.25) is 0 Å². The molecule has 3 aromatic rings. The molecular weight excluding hydrogens is 533 g/mol. The van der Waals surface area contributed by atoms with Crippen molar-refractivity contribution in [2.75, 3.05) is 42.1 Å². The third kappa shape index (κ3) is 6.40. The molecule has 1 N–H and O–H groups in total. The number of sulfonamides is 1. The number of piperazine rings is 1. The van der Waals surface area contributed by atoms with E-state index in [9.17, 15) is 21.6 Å². The Morgan fingerprint density at radius 3 is 2.33 bits per heavy atom. The van der Waals surface area contributed by atoms with Gasteiger partial charge in [0, 0.05) is 49.8 Å². The van der Waals surface area contributed by atoms with Crippen molar-refractivity contribution in [3.05, 3.63) is 64.8 Å². The predicted molar refractivity (Wildman–Crippen MR) is 141 cm³/mol. The Morgan fingerprint density at radius 1 is 1.08 bits per heavy atom. The molecule has 0 unspecified atom stereocenters. The van der Waals surface area contributed by atoms with E-state index in [0.29, 0.717) is 11.3 Å². The first-order valence-corrected chi connectivity index (χ1v) is 13.8. The van der Waals surface area contributed by atoms with E-state index < -0.39 is 21.8 Å². The van der Waals surface area contributed by atoms with E-state index in [0.717, 1.165) is 17.2 Å². The van der Waals surface area contributed by atoms with Crippen LogP contribution in [0.15, 0.2) is 42.6 Å². The first-order valence-electron chi connectivity index (χ1n) is 12.1. The molecule has 4 rings (SSSR count). The molecule has 0 atom stereocenters. The zero-order valence-corrected chi connectivity index (χ0v) is 22.4. The number of benzene rings is 2. The average molecular weight is 561 g/mol. The quantitative estimate of drug-likeness (QED) is 0.430. The van der Waals surface area contributed by atoms with Crippen LogP contribution in [0.5, 0.6) is 11.6 Å². The van der Waals surface area contributed by atoms with Gasteiger partial charge >= 0.3 is 6.18 Å². The zero-order chi connectivity index (χ0) is 28.4. The summed E-state index contributed by atoms with van der Waals surface area (Å²) in [6.07, 6.45) is -3.22. The lowest BCUT2D eigenvalue weighted by Gasteiger charge is -2.36. The second kappa shape index (κ2) is 11.1. The number of rotatable bonds is 7. The Morgan fingerprint density at radius 2 is 1.74 bits per heavy atom. The maximum atomic E-state index is 14.0. The van der Waals surface area contributed by atoms with Crippen LogP contribution in [0, 0.1) is 25.2 Å². The fraction of sp³-hybridized carbons (Fsp3) is 0.346. The fourth-order valence-electron chi connectivity index (χ4n) is 4.38. The van der Waals surface area contributed by atoms with Crippen LogP contribution >= 0.6 is 0 Å². The number of halogens is 3. The highest BCUT2D eigenvalue weighted by Crippen LogP contribution is 2.39. The molecule has 1 aliphatic heterocycles. The van der Waals surface area contributed by atoms with E-state index in [-0.39, 0.29) is 55.1 Å². The van der Waals surface area contributed by atoms with Crippen LogP contribution in [0.4, 0.5) is 30.5 Å². The third-order valence-electron chi connectivity index (χ3n) is 6.32. The maximum absolute atomic E-state index is 14.0. The second-order valence-corrected chi connectivity index (χ2v) is 11.3. The van der Waals surface area contributed by atoms with Crippen LogP contribution < -0.4 is 15.0 Å². The first-order chi connectivity index (χ1) is 18.4. The van der Waals surface area contributed by atoms with Crippen molar-refractivity contribution in [1.82, 2.24) is 14.3 Å². The summed E-state index contributed by atoms with van der Waals surface area (Å²) in [7, 11) is -3.40. The number of nitriles is 1. The van der Waals surface area contributed by atoms with E-state index in [1.807, 2.05) is 0 Å². The summed E-state index contributed by atoms with van der Waals surface area (Å²) in [6.45, 7) is 5.66. The molecule has 1 saturated heterocycles. The van der Waals surface area contributed by atoms with Crippen molar-refractivity contribution >= 4 is 27.3 Å². The van der Waals surface area contributed by atoms with E-state index in [1.165, 1.54) is 35.6 Å². The van der Waals surface area contributed by atoms with E-state index in [1.54, 1.807) is 30.9 Å². The monoisotopic (exact) mass is 560 g/mol. The Labute approximate surface area is 224 Å². The molecule has 9 nitrogen and oxygen atoms in total. The molecule has 1 aromatic heterocycles. The summed E-state index contributed by atoms with van der Waals surface area (Å²) < 4.78 is 73.6. The molecule has 0 saturated carbocycles. The van der Waals surface area contributed by atoms with Gasteiger partial charge in [0.2, 0.25) is 21.9 Å². The molecule has 13 heteroatoms. The molecule has 39 heavy (non-hydrogen) atoms. The average Bonchev–Trinajstić information content (AvgIpc) is 2.90. The number of aromatic nitrogens is 2. The van der Waals surface area contributed by atoms with Crippen LogP contribution in [0.25, 0.3) is 0 Å². The molecule has 1 aliphatic rings. The Hall–Kier alpha value is -3.89. The third-order valence-corrected chi connectivity index (χ3v) is 8.20. The number of hydrogen-bond acceptors (Lipinski definition) is 8. The SMILES string of the molecule is CCS(=O)(=O)N1CCN(c2ccc(Nc3nccc(Oc4c(C)cc(C#N)cc4C)n3)cc2C(F)(F)F)CC1. The van der Waals surface area contributed by atoms with Gasteiger partial charge in [0.25, 0.3) is 0 Å². The van der Waals surface area contributed by atoms with E-state index in [4.69, 9.17) is 10.00 Å². The van der Waals surface area contributed by atoms with Crippen molar-refractivity contribution in [2.24, 2.45) is 0 Å². The number of anilines is 3. The van der Waals surface area contributed by atoms with Crippen molar-refractivity contribution in [1.29, 1.82) is 5.26 Å². The van der Waals surface area contributed by atoms with Gasteiger partial charge in [-0.25, -0.2) is 13.4 Å². The zero-order valence-electron chi connectivity index (χ0n) is 21.6. The predicted octanol–water partition coefficient (Wildman–Crippen LogP) is 4.99. The van der Waals surface area contributed by atoms with E-state index in [2.05, 4.69) is 21.4 Å². The van der Waals surface area contributed by atoms with Gasteiger partial charge in [0.05, 0.1) is 22.9 Å². The number of ether oxygens (including phenoxy) is 1. The summed E-state index contributed by atoms with van der Waals surface area (Å²) in [5.74, 6) is 0.684. The minimum Gasteiger partial charge on any atom is -0.438 e. The molecule has 0 amide bonds. The molecule has 206 valence electrons. The number of nitrogens with zero attached hydrogens (tertiary/aromatic N) is 5. The molecule has 0 spiro atoms. The van der Waals surface area contributed by atoms with Gasteiger partial charge in [0.15, 0.2) is 0 Å². The second-order valence-electron chi connectivity index (χ2n) is 9.01. The first kappa shape index (κ1) is 28.1. The topological polar surface area (TPSA) is 111 Å². The van der Waals surface area contributed by atoms with Gasteiger partial charge < -0.3 is 15.0 Å². The fourth-order valence-corrected chi connectivity index (χ4v) is 5.46. The van der Waals surface area contributed by atoms with Crippen molar-refractivity contribution in [3.8, 4) is 17.7 Å². The Bertz CT molecular complexity index is 1490. The van der Waals surface area contributed by atoms with Gasteiger partial charge in [-0.05, 0) is 62.2 Å². The summed E-state index contributed by atoms with van der Waals surface area (Å²) in [5, 5.41) is 11.9. The largest absolute Gasteiger partial charge is 0.438 e.